The predicted molar refractivity (Wildman–Crippen MR) is 138 cm³/mol. The number of piperidine rings is 1. The number of carbonyl (C=O) groups is 2. The fraction of sp³-hybridized carbons (Fsp3) is 0.222. The van der Waals surface area contributed by atoms with Crippen molar-refractivity contribution in [3.05, 3.63) is 83.6 Å². The van der Waals surface area contributed by atoms with E-state index in [9.17, 15) is 9.59 Å². The third-order valence-corrected chi connectivity index (χ3v) is 6.39. The molecule has 2 aromatic heterocycles. The van der Waals surface area contributed by atoms with Crippen LogP contribution in [0, 0.1) is 12.7 Å². The summed E-state index contributed by atoms with van der Waals surface area (Å²) >= 11 is 0. The number of nitrogens with zero attached hydrogens (tertiary/aromatic N) is 4. The average Bonchev–Trinajstić information content (AvgIpc) is 2.90. The molecule has 5 rings (SSSR count). The zero-order valence-corrected chi connectivity index (χ0v) is 20.1. The van der Waals surface area contributed by atoms with Crippen LogP contribution in [0.15, 0.2) is 60.9 Å². The maximum Gasteiger partial charge on any atom is 0.354 e. The zero-order chi connectivity index (χ0) is 25.9. The van der Waals surface area contributed by atoms with Crippen LogP contribution in [0.25, 0.3) is 10.8 Å². The van der Waals surface area contributed by atoms with Gasteiger partial charge in [0.1, 0.15) is 11.6 Å². The molecule has 1 fully saturated rings. The van der Waals surface area contributed by atoms with Crippen LogP contribution in [-0.4, -0.2) is 51.1 Å². The van der Waals surface area contributed by atoms with E-state index < -0.39 is 17.7 Å². The van der Waals surface area contributed by atoms with E-state index in [0.29, 0.717) is 12.4 Å². The summed E-state index contributed by atoms with van der Waals surface area (Å²) in [4.78, 5) is 39.2. The number of carboxylic acids is 1. The molecule has 2 aromatic carbocycles. The van der Waals surface area contributed by atoms with Crippen LogP contribution in [0.4, 0.5) is 21.8 Å². The van der Waals surface area contributed by atoms with Crippen molar-refractivity contribution in [2.75, 3.05) is 23.3 Å². The molecule has 1 saturated heterocycles. The summed E-state index contributed by atoms with van der Waals surface area (Å²) in [5.41, 5.74) is 0.968. The van der Waals surface area contributed by atoms with Gasteiger partial charge in [0.2, 0.25) is 5.95 Å². The second-order valence-corrected chi connectivity index (χ2v) is 8.87. The number of aromatic carboxylic acids is 1. The summed E-state index contributed by atoms with van der Waals surface area (Å²) in [7, 11) is 0. The van der Waals surface area contributed by atoms with Crippen molar-refractivity contribution in [1.29, 1.82) is 0 Å². The Kier molecular flexibility index (Phi) is 6.74. The molecule has 3 N–H and O–H groups in total. The Labute approximate surface area is 212 Å². The van der Waals surface area contributed by atoms with Crippen LogP contribution in [-0.2, 0) is 0 Å². The molecule has 4 aromatic rings. The van der Waals surface area contributed by atoms with Crippen LogP contribution >= 0.6 is 0 Å². The van der Waals surface area contributed by atoms with Crippen molar-refractivity contribution < 1.29 is 19.1 Å². The highest BCUT2D eigenvalue weighted by Crippen LogP contribution is 2.32. The van der Waals surface area contributed by atoms with Crippen molar-refractivity contribution in [3.63, 3.8) is 0 Å². The van der Waals surface area contributed by atoms with Crippen LogP contribution in [0.3, 0.4) is 0 Å². The first-order valence-electron chi connectivity index (χ1n) is 11.9. The minimum Gasteiger partial charge on any atom is -0.477 e. The highest BCUT2D eigenvalue weighted by Gasteiger charge is 2.31. The minimum absolute atomic E-state index is 0.00344. The Bertz CT molecular complexity index is 1480. The first-order chi connectivity index (χ1) is 17.9. The van der Waals surface area contributed by atoms with Gasteiger partial charge in [-0.2, -0.15) is 0 Å². The topological polar surface area (TPSA) is 120 Å². The lowest BCUT2D eigenvalue weighted by Crippen LogP contribution is -2.49. The number of pyridine rings is 1. The molecule has 188 valence electrons. The van der Waals surface area contributed by atoms with Crippen LogP contribution < -0.4 is 15.5 Å². The summed E-state index contributed by atoms with van der Waals surface area (Å²) in [5, 5.41) is 17.1. The number of carbonyl (C=O) groups excluding carboxylic acids is 1. The molecule has 0 saturated carbocycles. The van der Waals surface area contributed by atoms with E-state index in [2.05, 4.69) is 25.6 Å². The van der Waals surface area contributed by atoms with Gasteiger partial charge in [-0.3, -0.25) is 9.69 Å². The Balaban J connectivity index is 1.51. The number of hydrogen-bond donors (Lipinski definition) is 3. The second-order valence-electron chi connectivity index (χ2n) is 8.87. The Morgan fingerprint density at radius 1 is 1.14 bits per heavy atom. The molecule has 3 heterocycles. The summed E-state index contributed by atoms with van der Waals surface area (Å²) in [5.74, 6) is -1.90. The van der Waals surface area contributed by atoms with E-state index >= 15 is 4.39 Å². The summed E-state index contributed by atoms with van der Waals surface area (Å²) < 4.78 is 15.4. The number of aryl methyl sites for hydroxylation is 1. The van der Waals surface area contributed by atoms with E-state index in [4.69, 9.17) is 5.11 Å². The first-order valence-corrected chi connectivity index (χ1v) is 11.9. The van der Waals surface area contributed by atoms with E-state index in [-0.39, 0.29) is 28.9 Å². The number of carboxylic acid groups (broad SMARTS) is 1. The number of rotatable bonds is 6. The van der Waals surface area contributed by atoms with Gasteiger partial charge in [0.25, 0.3) is 5.91 Å². The van der Waals surface area contributed by atoms with Gasteiger partial charge < -0.3 is 15.7 Å². The number of benzene rings is 2. The predicted octanol–water partition coefficient (Wildman–Crippen LogP) is 4.31. The van der Waals surface area contributed by atoms with Crippen molar-refractivity contribution in [3.8, 4) is 0 Å². The molecule has 0 aliphatic carbocycles. The number of anilines is 3. The van der Waals surface area contributed by atoms with Crippen molar-refractivity contribution in [1.82, 2.24) is 20.3 Å². The largest absolute Gasteiger partial charge is 0.477 e. The van der Waals surface area contributed by atoms with Gasteiger partial charge in [0.05, 0.1) is 11.6 Å². The summed E-state index contributed by atoms with van der Waals surface area (Å²) in [6, 6.07) is 13.0. The Morgan fingerprint density at radius 2 is 1.97 bits per heavy atom. The van der Waals surface area contributed by atoms with Crippen LogP contribution in [0.5, 0.6) is 0 Å². The van der Waals surface area contributed by atoms with Gasteiger partial charge >= 0.3 is 5.97 Å². The fourth-order valence-corrected chi connectivity index (χ4v) is 4.62. The van der Waals surface area contributed by atoms with Gasteiger partial charge in [-0.15, -0.1) is 0 Å². The van der Waals surface area contributed by atoms with E-state index in [1.165, 1.54) is 30.5 Å². The number of amides is 1. The van der Waals surface area contributed by atoms with Gasteiger partial charge in [-0.25, -0.2) is 24.1 Å². The molecule has 10 heteroatoms. The molecule has 37 heavy (non-hydrogen) atoms. The standard InChI is InChI=1S/C27H25FN6O3/c1-16-4-2-5-17-9-12-30-24(23(16)17)34(19-6-3-11-29-15-19)25(35)20-8-7-18(14-21(20)28)32-27-31-13-10-22(33-27)26(36)37/h2,4-5,7-10,12-14,19,29H,3,6,11,15H2,1H3,(H,36,37)(H,31,32,33)/t19-/m1/s1. The number of fused-ring (bicyclic) bond motifs is 1. The zero-order valence-electron chi connectivity index (χ0n) is 20.1. The third-order valence-electron chi connectivity index (χ3n) is 6.39. The molecule has 1 aliphatic rings. The van der Waals surface area contributed by atoms with Gasteiger partial charge in [-0.1, -0.05) is 18.2 Å². The first kappa shape index (κ1) is 24.3. The fourth-order valence-electron chi connectivity index (χ4n) is 4.62. The molecule has 9 nitrogen and oxygen atoms in total. The molecular weight excluding hydrogens is 475 g/mol. The van der Waals surface area contributed by atoms with E-state index in [0.717, 1.165) is 35.7 Å². The van der Waals surface area contributed by atoms with E-state index in [1.54, 1.807) is 11.1 Å². The van der Waals surface area contributed by atoms with Crippen LogP contribution in [0.1, 0.15) is 39.3 Å². The highest BCUT2D eigenvalue weighted by molar-refractivity contribution is 6.11. The number of aromatic nitrogens is 3. The molecular formula is C27H25FN6O3. The molecule has 0 radical (unpaired) electrons. The molecule has 1 atom stereocenters. The van der Waals surface area contributed by atoms with Gasteiger partial charge in [0, 0.05) is 30.0 Å². The number of hydrogen-bond acceptors (Lipinski definition) is 7. The SMILES string of the molecule is Cc1cccc2ccnc(N(C(=O)c3ccc(Nc4nccc(C(=O)O)n4)cc3F)[C@@H]3CCCNC3)c12. The molecule has 0 spiro atoms. The molecule has 0 unspecified atom stereocenters. The van der Waals surface area contributed by atoms with Crippen molar-refractivity contribution >= 4 is 40.1 Å². The lowest BCUT2D eigenvalue weighted by atomic mass is 10.0. The van der Waals surface area contributed by atoms with E-state index in [1.807, 2.05) is 31.2 Å². The van der Waals surface area contributed by atoms with Gasteiger partial charge in [-0.05, 0) is 67.6 Å². The number of halogens is 1. The third kappa shape index (κ3) is 4.96. The Hall–Kier alpha value is -4.44. The second kappa shape index (κ2) is 10.3. The molecule has 1 amide bonds. The Morgan fingerprint density at radius 3 is 2.73 bits per heavy atom. The van der Waals surface area contributed by atoms with Crippen molar-refractivity contribution in [2.24, 2.45) is 0 Å². The average molecular weight is 501 g/mol. The molecule has 1 aliphatic heterocycles. The lowest BCUT2D eigenvalue weighted by molar-refractivity contribution is 0.0690. The van der Waals surface area contributed by atoms with Crippen molar-refractivity contribution in [2.45, 2.75) is 25.8 Å². The quantitative estimate of drug-likeness (QED) is 0.358. The maximum absolute atomic E-state index is 15.4. The van der Waals surface area contributed by atoms with Crippen LogP contribution in [0.2, 0.25) is 0 Å². The summed E-state index contributed by atoms with van der Waals surface area (Å²) in [6.07, 6.45) is 4.62. The smallest absolute Gasteiger partial charge is 0.354 e. The lowest BCUT2D eigenvalue weighted by Gasteiger charge is -2.35. The highest BCUT2D eigenvalue weighted by atomic mass is 19.1. The minimum atomic E-state index is -1.20. The maximum atomic E-state index is 15.4. The number of nitrogens with one attached hydrogen (secondary N) is 2. The molecule has 0 bridgehead atoms. The normalized spacial score (nSPS) is 15.4. The summed E-state index contributed by atoms with van der Waals surface area (Å²) in [6.45, 7) is 3.41. The van der Waals surface area contributed by atoms with Gasteiger partial charge in [0.15, 0.2) is 5.69 Å². The monoisotopic (exact) mass is 500 g/mol.